The lowest BCUT2D eigenvalue weighted by atomic mass is 9.88. The molecule has 0 amide bonds. The van der Waals surface area contributed by atoms with Crippen molar-refractivity contribution in [1.82, 2.24) is 15.5 Å². The molecule has 26 heavy (non-hydrogen) atoms. The number of guanidine groups is 1. The van der Waals surface area contributed by atoms with Gasteiger partial charge in [-0.25, -0.2) is 13.6 Å². The second-order valence-electron chi connectivity index (χ2n) is 6.36. The third-order valence-corrected chi connectivity index (χ3v) is 6.07. The SMILES string of the molecule is CCNC(=NCC1CCCN(C)C1c1cccs1)NCCS(N)(=O)=O.I. The Morgan fingerprint density at radius 3 is 2.85 bits per heavy atom. The zero-order chi connectivity index (χ0) is 18.3. The number of hydrogen-bond acceptors (Lipinski definition) is 5. The number of aliphatic imine (C=N–C) groups is 1. The predicted octanol–water partition coefficient (Wildman–Crippen LogP) is 1.59. The predicted molar refractivity (Wildman–Crippen MR) is 120 cm³/mol. The van der Waals surface area contributed by atoms with Crippen molar-refractivity contribution in [2.75, 3.05) is 39.0 Å². The van der Waals surface area contributed by atoms with Gasteiger partial charge in [-0.1, -0.05) is 6.07 Å². The molecule has 0 spiro atoms. The van der Waals surface area contributed by atoms with E-state index < -0.39 is 10.0 Å². The number of hydrogen-bond donors (Lipinski definition) is 3. The van der Waals surface area contributed by atoms with Crippen LogP contribution in [0.3, 0.4) is 0 Å². The molecule has 0 aliphatic carbocycles. The molecule has 150 valence electrons. The van der Waals surface area contributed by atoms with E-state index >= 15 is 0 Å². The molecule has 0 bridgehead atoms. The van der Waals surface area contributed by atoms with Crippen molar-refractivity contribution in [3.05, 3.63) is 22.4 Å². The summed E-state index contributed by atoms with van der Waals surface area (Å²) in [6.07, 6.45) is 2.32. The minimum atomic E-state index is -3.47. The third-order valence-electron chi connectivity index (χ3n) is 4.35. The summed E-state index contributed by atoms with van der Waals surface area (Å²) in [6, 6.07) is 4.69. The van der Waals surface area contributed by atoms with E-state index in [1.54, 1.807) is 11.3 Å². The topological polar surface area (TPSA) is 99.8 Å². The monoisotopic (exact) mass is 515 g/mol. The Balaban J connectivity index is 0.00000338. The van der Waals surface area contributed by atoms with Gasteiger partial charge in [-0.05, 0) is 50.7 Å². The molecule has 1 aromatic rings. The van der Waals surface area contributed by atoms with Gasteiger partial charge < -0.3 is 10.6 Å². The van der Waals surface area contributed by atoms with Crippen LogP contribution in [0, 0.1) is 5.92 Å². The van der Waals surface area contributed by atoms with Crippen molar-refractivity contribution in [1.29, 1.82) is 0 Å². The van der Waals surface area contributed by atoms with Gasteiger partial charge in [0, 0.05) is 30.6 Å². The quantitative estimate of drug-likeness (QED) is 0.291. The lowest BCUT2D eigenvalue weighted by molar-refractivity contribution is 0.128. The van der Waals surface area contributed by atoms with E-state index in [1.807, 2.05) is 6.92 Å². The number of likely N-dealkylation sites (tertiary alicyclic amines) is 1. The Morgan fingerprint density at radius 2 is 2.23 bits per heavy atom. The minimum Gasteiger partial charge on any atom is -0.357 e. The van der Waals surface area contributed by atoms with E-state index in [-0.39, 0.29) is 36.3 Å². The molecule has 1 aliphatic heterocycles. The van der Waals surface area contributed by atoms with Gasteiger partial charge in [-0.15, -0.1) is 35.3 Å². The van der Waals surface area contributed by atoms with Gasteiger partial charge >= 0.3 is 0 Å². The van der Waals surface area contributed by atoms with Gasteiger partial charge in [-0.3, -0.25) is 9.89 Å². The summed E-state index contributed by atoms with van der Waals surface area (Å²) in [4.78, 5) is 8.49. The fraction of sp³-hybridized carbons (Fsp3) is 0.688. The number of nitrogens with two attached hydrogens (primary N) is 1. The van der Waals surface area contributed by atoms with Crippen molar-refractivity contribution in [2.45, 2.75) is 25.8 Å². The highest BCUT2D eigenvalue weighted by atomic mass is 127. The van der Waals surface area contributed by atoms with Gasteiger partial charge in [0.25, 0.3) is 0 Å². The van der Waals surface area contributed by atoms with Crippen LogP contribution in [0.4, 0.5) is 0 Å². The van der Waals surface area contributed by atoms with Crippen molar-refractivity contribution >= 4 is 51.3 Å². The highest BCUT2D eigenvalue weighted by Gasteiger charge is 2.31. The van der Waals surface area contributed by atoms with Crippen LogP contribution < -0.4 is 15.8 Å². The summed E-state index contributed by atoms with van der Waals surface area (Å²) in [5, 5.41) is 13.4. The Hall–Kier alpha value is -0.430. The van der Waals surface area contributed by atoms with Crippen LogP contribution >= 0.6 is 35.3 Å². The molecule has 4 N–H and O–H groups in total. The third kappa shape index (κ3) is 7.67. The average molecular weight is 515 g/mol. The molecule has 1 aliphatic rings. The number of piperidine rings is 1. The normalized spacial score (nSPS) is 21.9. The Morgan fingerprint density at radius 1 is 1.46 bits per heavy atom. The summed E-state index contributed by atoms with van der Waals surface area (Å²) in [5.74, 6) is 0.983. The molecule has 2 heterocycles. The Bertz CT molecular complexity index is 652. The first-order valence-electron chi connectivity index (χ1n) is 8.67. The summed E-state index contributed by atoms with van der Waals surface area (Å²) >= 11 is 1.80. The number of halogens is 1. The van der Waals surface area contributed by atoms with Gasteiger partial charge in [0.05, 0.1) is 5.75 Å². The molecule has 1 aromatic heterocycles. The van der Waals surface area contributed by atoms with Crippen LogP contribution in [0.25, 0.3) is 0 Å². The summed E-state index contributed by atoms with van der Waals surface area (Å²) in [6.45, 7) is 4.77. The first-order valence-corrected chi connectivity index (χ1v) is 11.3. The fourth-order valence-corrected chi connectivity index (χ4v) is 4.59. The first-order chi connectivity index (χ1) is 11.9. The molecule has 10 heteroatoms. The lowest BCUT2D eigenvalue weighted by Crippen LogP contribution is -2.41. The first kappa shape index (κ1) is 23.6. The van der Waals surface area contributed by atoms with Crippen molar-refractivity contribution in [3.63, 3.8) is 0 Å². The smallest absolute Gasteiger partial charge is 0.210 e. The van der Waals surface area contributed by atoms with Crippen LogP contribution in [0.1, 0.15) is 30.7 Å². The van der Waals surface area contributed by atoms with Gasteiger partial charge in [-0.2, -0.15) is 0 Å². The molecule has 0 radical (unpaired) electrons. The molecule has 1 saturated heterocycles. The number of primary sulfonamides is 1. The molecular formula is C16H30IN5O2S2. The van der Waals surface area contributed by atoms with Crippen LogP contribution in [-0.4, -0.2) is 58.3 Å². The maximum absolute atomic E-state index is 11.1. The van der Waals surface area contributed by atoms with Crippen LogP contribution in [0.15, 0.2) is 22.5 Å². The molecule has 0 aromatic carbocycles. The largest absolute Gasteiger partial charge is 0.357 e. The zero-order valence-electron chi connectivity index (χ0n) is 15.3. The minimum absolute atomic E-state index is 0. The number of nitrogens with zero attached hydrogens (tertiary/aromatic N) is 2. The lowest BCUT2D eigenvalue weighted by Gasteiger charge is -2.38. The van der Waals surface area contributed by atoms with Crippen molar-refractivity contribution < 1.29 is 8.42 Å². The fourth-order valence-electron chi connectivity index (χ4n) is 3.22. The van der Waals surface area contributed by atoms with Crippen LogP contribution in [0.2, 0.25) is 0 Å². The number of rotatable bonds is 7. The summed E-state index contributed by atoms with van der Waals surface area (Å²) < 4.78 is 22.1. The average Bonchev–Trinajstić information content (AvgIpc) is 3.05. The van der Waals surface area contributed by atoms with E-state index in [9.17, 15) is 8.42 Å². The van der Waals surface area contributed by atoms with Gasteiger partial charge in [0.2, 0.25) is 10.0 Å². The second-order valence-corrected chi connectivity index (χ2v) is 9.07. The zero-order valence-corrected chi connectivity index (χ0v) is 19.3. The van der Waals surface area contributed by atoms with Crippen LogP contribution in [-0.2, 0) is 10.0 Å². The molecule has 7 nitrogen and oxygen atoms in total. The van der Waals surface area contributed by atoms with E-state index in [2.05, 4.69) is 45.1 Å². The summed E-state index contributed by atoms with van der Waals surface area (Å²) in [7, 11) is -1.29. The highest BCUT2D eigenvalue weighted by molar-refractivity contribution is 14.0. The molecule has 2 atom stereocenters. The Kier molecular flexibility index (Phi) is 10.4. The molecule has 0 saturated carbocycles. The van der Waals surface area contributed by atoms with Gasteiger partial charge in [0.15, 0.2) is 5.96 Å². The van der Waals surface area contributed by atoms with Crippen molar-refractivity contribution in [2.24, 2.45) is 16.0 Å². The number of nitrogens with one attached hydrogen (secondary N) is 2. The number of sulfonamides is 1. The molecule has 2 unspecified atom stereocenters. The van der Waals surface area contributed by atoms with Crippen LogP contribution in [0.5, 0.6) is 0 Å². The van der Waals surface area contributed by atoms with E-state index in [4.69, 9.17) is 5.14 Å². The van der Waals surface area contributed by atoms with Gasteiger partial charge in [0.1, 0.15) is 0 Å². The maximum Gasteiger partial charge on any atom is 0.210 e. The van der Waals surface area contributed by atoms with E-state index in [0.717, 1.165) is 19.5 Å². The van der Waals surface area contributed by atoms with Crippen molar-refractivity contribution in [3.8, 4) is 0 Å². The van der Waals surface area contributed by atoms with E-state index in [0.29, 0.717) is 24.5 Å². The second kappa shape index (κ2) is 11.4. The molecule has 1 fully saturated rings. The standard InChI is InChI=1S/C16H29N5O2S2.HI/c1-3-18-16(19-8-11-25(17,22)23)20-12-13-6-4-9-21(2)15(13)14-7-5-10-24-14;/h5,7,10,13,15H,3-4,6,8-9,11-12H2,1-2H3,(H2,17,22,23)(H2,18,19,20);1H. The number of thiophene rings is 1. The van der Waals surface area contributed by atoms with E-state index in [1.165, 1.54) is 11.3 Å². The highest BCUT2D eigenvalue weighted by Crippen LogP contribution is 2.37. The molecular weight excluding hydrogens is 485 g/mol. The maximum atomic E-state index is 11.1. The molecule has 2 rings (SSSR count). The summed E-state index contributed by atoms with van der Waals surface area (Å²) in [5.41, 5.74) is 0. The Labute approximate surface area is 177 Å².